The quantitative estimate of drug-likeness (QED) is 0.778. The molecule has 0 aliphatic heterocycles. The van der Waals surface area contributed by atoms with Gasteiger partial charge in [0.25, 0.3) is 0 Å². The summed E-state index contributed by atoms with van der Waals surface area (Å²) in [6.45, 7) is 11.2. The number of hydrogen-bond donors (Lipinski definition) is 1. The van der Waals surface area contributed by atoms with E-state index in [0.29, 0.717) is 23.0 Å². The third kappa shape index (κ3) is 2.60. The van der Waals surface area contributed by atoms with Gasteiger partial charge in [0.2, 0.25) is 0 Å². The van der Waals surface area contributed by atoms with Gasteiger partial charge in [0.15, 0.2) is 0 Å². The van der Waals surface area contributed by atoms with Crippen LogP contribution in [-0.2, 0) is 4.74 Å². The Morgan fingerprint density at radius 1 is 1.17 bits per heavy atom. The van der Waals surface area contributed by atoms with Gasteiger partial charge < -0.3 is 10.1 Å². The molecule has 0 spiro atoms. The van der Waals surface area contributed by atoms with Gasteiger partial charge in [-0.15, -0.1) is 0 Å². The molecule has 2 fully saturated rings. The van der Waals surface area contributed by atoms with Gasteiger partial charge in [0.05, 0.1) is 6.10 Å². The van der Waals surface area contributed by atoms with Crippen molar-refractivity contribution in [3.63, 3.8) is 0 Å². The van der Waals surface area contributed by atoms with Gasteiger partial charge in [0.1, 0.15) is 0 Å². The van der Waals surface area contributed by atoms with Gasteiger partial charge >= 0.3 is 0 Å². The maximum atomic E-state index is 5.81. The van der Waals surface area contributed by atoms with Gasteiger partial charge in [0, 0.05) is 24.6 Å². The van der Waals surface area contributed by atoms with Crippen LogP contribution in [0.25, 0.3) is 0 Å². The van der Waals surface area contributed by atoms with Crippen LogP contribution in [0.5, 0.6) is 0 Å². The molecule has 18 heavy (non-hydrogen) atoms. The molecule has 2 rings (SSSR count). The molecule has 0 aromatic heterocycles. The van der Waals surface area contributed by atoms with Crippen LogP contribution in [-0.4, -0.2) is 25.3 Å². The van der Waals surface area contributed by atoms with Crippen molar-refractivity contribution in [2.75, 3.05) is 13.2 Å². The first-order valence-corrected chi connectivity index (χ1v) is 7.89. The molecule has 2 nitrogen and oxygen atoms in total. The van der Waals surface area contributed by atoms with Crippen molar-refractivity contribution in [2.24, 2.45) is 10.8 Å². The molecule has 0 aromatic rings. The number of hydrogen-bond acceptors (Lipinski definition) is 2. The average molecular weight is 253 g/mol. The van der Waals surface area contributed by atoms with Gasteiger partial charge in [-0.2, -0.15) is 0 Å². The molecule has 1 N–H and O–H groups in total. The second kappa shape index (κ2) is 5.50. The predicted octanol–water partition coefficient (Wildman–Crippen LogP) is 3.75. The first-order chi connectivity index (χ1) is 8.54. The van der Waals surface area contributed by atoms with Gasteiger partial charge in [-0.1, -0.05) is 33.6 Å². The van der Waals surface area contributed by atoms with E-state index in [1.165, 1.54) is 45.1 Å². The molecule has 2 atom stereocenters. The van der Waals surface area contributed by atoms with Crippen molar-refractivity contribution in [3.8, 4) is 0 Å². The van der Waals surface area contributed by atoms with E-state index >= 15 is 0 Å². The van der Waals surface area contributed by atoms with Crippen molar-refractivity contribution in [1.29, 1.82) is 0 Å². The summed E-state index contributed by atoms with van der Waals surface area (Å²) in [5.74, 6) is 0. The summed E-state index contributed by atoms with van der Waals surface area (Å²) in [5.41, 5.74) is 0.913. The molecule has 2 aliphatic rings. The Morgan fingerprint density at radius 2 is 1.83 bits per heavy atom. The first kappa shape index (κ1) is 14.3. The Kier molecular flexibility index (Phi) is 4.38. The predicted molar refractivity (Wildman–Crippen MR) is 76.8 cm³/mol. The van der Waals surface area contributed by atoms with E-state index in [4.69, 9.17) is 4.74 Å². The molecule has 2 aliphatic carbocycles. The van der Waals surface area contributed by atoms with E-state index in [9.17, 15) is 0 Å². The smallest absolute Gasteiger partial charge is 0.0655 e. The highest BCUT2D eigenvalue weighted by Crippen LogP contribution is 2.45. The summed E-state index contributed by atoms with van der Waals surface area (Å²) < 4.78 is 5.81. The second-order valence-corrected chi connectivity index (χ2v) is 7.00. The van der Waals surface area contributed by atoms with E-state index in [0.717, 1.165) is 6.61 Å². The molecule has 0 radical (unpaired) electrons. The van der Waals surface area contributed by atoms with Crippen molar-refractivity contribution in [2.45, 2.75) is 78.4 Å². The fourth-order valence-electron chi connectivity index (χ4n) is 3.84. The van der Waals surface area contributed by atoms with E-state index in [-0.39, 0.29) is 0 Å². The van der Waals surface area contributed by atoms with Gasteiger partial charge in [-0.25, -0.2) is 0 Å². The lowest BCUT2D eigenvalue weighted by Crippen LogP contribution is -2.62. The molecule has 2 unspecified atom stereocenters. The minimum Gasteiger partial charge on any atom is -0.378 e. The fraction of sp³-hybridized carbons (Fsp3) is 1.00. The normalized spacial score (nSPS) is 33.3. The molecular formula is C16H31NO. The zero-order chi connectivity index (χ0) is 13.2. The summed E-state index contributed by atoms with van der Waals surface area (Å²) in [7, 11) is 0. The third-order valence-corrected chi connectivity index (χ3v) is 5.68. The Labute approximate surface area is 113 Å². The van der Waals surface area contributed by atoms with Crippen LogP contribution in [0.4, 0.5) is 0 Å². The van der Waals surface area contributed by atoms with E-state index in [1.54, 1.807) is 0 Å². The highest BCUT2D eigenvalue weighted by Gasteiger charge is 2.49. The monoisotopic (exact) mass is 253 g/mol. The van der Waals surface area contributed by atoms with Crippen LogP contribution in [0, 0.1) is 10.8 Å². The topological polar surface area (TPSA) is 21.3 Å². The Hall–Kier alpha value is -0.0800. The summed E-state index contributed by atoms with van der Waals surface area (Å²) in [6.07, 6.45) is 8.72. The fourth-order valence-corrected chi connectivity index (χ4v) is 3.84. The van der Waals surface area contributed by atoms with Gasteiger partial charge in [-0.05, 0) is 38.0 Å². The molecule has 2 saturated carbocycles. The van der Waals surface area contributed by atoms with E-state index < -0.39 is 0 Å². The molecule has 0 amide bonds. The lowest BCUT2D eigenvalue weighted by atomic mass is 9.64. The zero-order valence-electron chi connectivity index (χ0n) is 12.7. The second-order valence-electron chi connectivity index (χ2n) is 7.00. The highest BCUT2D eigenvalue weighted by atomic mass is 16.5. The molecule has 0 saturated heterocycles. The number of ether oxygens (including phenoxy) is 1. The molecule has 106 valence electrons. The lowest BCUT2D eigenvalue weighted by Gasteiger charge is -2.52. The zero-order valence-corrected chi connectivity index (χ0v) is 12.7. The molecule has 2 heteroatoms. The van der Waals surface area contributed by atoms with Crippen LogP contribution in [0.1, 0.15) is 66.2 Å². The molecule has 0 aromatic carbocycles. The van der Waals surface area contributed by atoms with Crippen LogP contribution in [0.15, 0.2) is 0 Å². The molecule has 0 bridgehead atoms. The minimum absolute atomic E-state index is 0.309. The minimum atomic E-state index is 0.309. The first-order valence-electron chi connectivity index (χ1n) is 7.89. The Balaban J connectivity index is 1.81. The van der Waals surface area contributed by atoms with Crippen LogP contribution in [0.2, 0.25) is 0 Å². The molecule has 0 heterocycles. The van der Waals surface area contributed by atoms with Crippen LogP contribution in [0.3, 0.4) is 0 Å². The van der Waals surface area contributed by atoms with Crippen LogP contribution < -0.4 is 5.32 Å². The van der Waals surface area contributed by atoms with Crippen molar-refractivity contribution in [1.82, 2.24) is 5.32 Å². The SMILES string of the molecule is CCOC1CC(NCC2(CC)CCCC2)C1(C)C. The highest BCUT2D eigenvalue weighted by molar-refractivity contribution is 5.03. The average Bonchev–Trinajstić information content (AvgIpc) is 2.82. The maximum absolute atomic E-state index is 5.81. The third-order valence-electron chi connectivity index (χ3n) is 5.68. The summed E-state index contributed by atoms with van der Waals surface area (Å²) >= 11 is 0. The summed E-state index contributed by atoms with van der Waals surface area (Å²) in [5, 5.41) is 3.85. The van der Waals surface area contributed by atoms with Crippen LogP contribution >= 0.6 is 0 Å². The Morgan fingerprint density at radius 3 is 2.33 bits per heavy atom. The van der Waals surface area contributed by atoms with Crippen molar-refractivity contribution in [3.05, 3.63) is 0 Å². The Bertz CT molecular complexity index is 268. The standard InChI is InChI=1S/C16H31NO/c1-5-16(9-7-8-10-16)12-17-13-11-14(18-6-2)15(13,3)4/h13-14,17H,5-12H2,1-4H3. The van der Waals surface area contributed by atoms with Crippen molar-refractivity contribution < 1.29 is 4.74 Å². The van der Waals surface area contributed by atoms with E-state index in [2.05, 4.69) is 33.0 Å². The molecular weight excluding hydrogens is 222 g/mol. The van der Waals surface area contributed by atoms with Gasteiger partial charge in [-0.3, -0.25) is 0 Å². The van der Waals surface area contributed by atoms with E-state index in [1.807, 2.05) is 0 Å². The maximum Gasteiger partial charge on any atom is 0.0655 e. The number of rotatable bonds is 6. The largest absolute Gasteiger partial charge is 0.378 e. The lowest BCUT2D eigenvalue weighted by molar-refractivity contribution is -0.115. The number of nitrogens with one attached hydrogen (secondary N) is 1. The summed E-state index contributed by atoms with van der Waals surface area (Å²) in [6, 6.07) is 0.651. The van der Waals surface area contributed by atoms with Crippen molar-refractivity contribution >= 4 is 0 Å². The summed E-state index contributed by atoms with van der Waals surface area (Å²) in [4.78, 5) is 0.